The molecule has 0 aliphatic carbocycles. The van der Waals surface area contributed by atoms with Crippen LogP contribution >= 0.6 is 0 Å². The van der Waals surface area contributed by atoms with Gasteiger partial charge in [0.1, 0.15) is 12.1 Å². The summed E-state index contributed by atoms with van der Waals surface area (Å²) in [6.07, 6.45) is 5.31. The second kappa shape index (κ2) is 4.08. The Hall–Kier alpha value is -1.91. The first-order valence-electron chi connectivity index (χ1n) is 4.73. The van der Waals surface area contributed by atoms with Gasteiger partial charge >= 0.3 is 5.97 Å². The zero-order chi connectivity index (χ0) is 10.7. The average molecular weight is 205 g/mol. The summed E-state index contributed by atoms with van der Waals surface area (Å²) in [6, 6.07) is 0. The number of nitrogens with one attached hydrogen (secondary N) is 1. The molecule has 1 aliphatic heterocycles. The molecule has 1 N–H and O–H groups in total. The van der Waals surface area contributed by atoms with Crippen LogP contribution in [0.25, 0.3) is 0 Å². The van der Waals surface area contributed by atoms with Crippen molar-refractivity contribution in [2.75, 3.05) is 11.9 Å². The number of hydrogen-bond acceptors (Lipinski definition) is 5. The Morgan fingerprint density at radius 1 is 1.67 bits per heavy atom. The first kappa shape index (κ1) is 9.64. The van der Waals surface area contributed by atoms with E-state index >= 15 is 0 Å². The Bertz CT molecular complexity index is 415. The lowest BCUT2D eigenvalue weighted by molar-refractivity contribution is -0.138. The highest BCUT2D eigenvalue weighted by molar-refractivity contribution is 5.90. The Balaban J connectivity index is 2.16. The van der Waals surface area contributed by atoms with Crippen LogP contribution in [-0.2, 0) is 16.0 Å². The molecule has 5 heteroatoms. The number of carbonyl (C=O) groups is 1. The summed E-state index contributed by atoms with van der Waals surface area (Å²) < 4.78 is 4.91. The van der Waals surface area contributed by atoms with Gasteiger partial charge in [-0.25, -0.2) is 14.8 Å². The van der Waals surface area contributed by atoms with E-state index in [9.17, 15) is 4.79 Å². The van der Waals surface area contributed by atoms with Crippen LogP contribution in [0.3, 0.4) is 0 Å². The summed E-state index contributed by atoms with van der Waals surface area (Å²) in [6.45, 7) is 2.17. The highest BCUT2D eigenvalue weighted by atomic mass is 16.5. The lowest BCUT2D eigenvalue weighted by atomic mass is 10.1. The number of anilines is 1. The van der Waals surface area contributed by atoms with E-state index in [1.54, 1.807) is 19.3 Å². The third-order valence-corrected chi connectivity index (χ3v) is 2.09. The molecule has 2 rings (SSSR count). The van der Waals surface area contributed by atoms with Crippen molar-refractivity contribution >= 4 is 11.8 Å². The molecule has 0 unspecified atom stereocenters. The normalized spacial score (nSPS) is 13.5. The summed E-state index contributed by atoms with van der Waals surface area (Å²) in [7, 11) is 0. The van der Waals surface area contributed by atoms with E-state index in [0.29, 0.717) is 18.6 Å². The van der Waals surface area contributed by atoms with E-state index in [-0.39, 0.29) is 5.97 Å². The molecular formula is C10H11N3O2. The maximum atomic E-state index is 11.4. The van der Waals surface area contributed by atoms with Gasteiger partial charge in [0, 0.05) is 24.4 Å². The number of carbonyl (C=O) groups excluding carboxylic acids is 1. The van der Waals surface area contributed by atoms with E-state index in [0.717, 1.165) is 11.4 Å². The number of ether oxygens (including phenoxy) is 1. The van der Waals surface area contributed by atoms with Crippen LogP contribution < -0.4 is 5.32 Å². The molecule has 78 valence electrons. The van der Waals surface area contributed by atoms with Crippen molar-refractivity contribution in [1.29, 1.82) is 0 Å². The second-order valence-electron chi connectivity index (χ2n) is 3.11. The first-order valence-corrected chi connectivity index (χ1v) is 4.73. The van der Waals surface area contributed by atoms with Crippen molar-refractivity contribution in [1.82, 2.24) is 9.97 Å². The van der Waals surface area contributed by atoms with Crippen molar-refractivity contribution in [3.8, 4) is 0 Å². The van der Waals surface area contributed by atoms with Gasteiger partial charge in [0.15, 0.2) is 0 Å². The maximum absolute atomic E-state index is 11.4. The predicted molar refractivity (Wildman–Crippen MR) is 54.1 cm³/mol. The molecule has 0 spiro atoms. The van der Waals surface area contributed by atoms with Crippen LogP contribution in [0, 0.1) is 0 Å². The summed E-state index contributed by atoms with van der Waals surface area (Å²) >= 11 is 0. The second-order valence-corrected chi connectivity index (χ2v) is 3.11. The third kappa shape index (κ3) is 1.96. The molecule has 1 aromatic rings. The molecule has 2 heterocycles. The molecular weight excluding hydrogens is 194 g/mol. The number of aromatic nitrogens is 2. The number of fused-ring (bicyclic) bond motifs is 1. The van der Waals surface area contributed by atoms with Gasteiger partial charge in [0.2, 0.25) is 0 Å². The minimum Gasteiger partial charge on any atom is -0.463 e. The van der Waals surface area contributed by atoms with Crippen molar-refractivity contribution in [2.45, 2.75) is 13.3 Å². The average Bonchev–Trinajstić information content (AvgIpc) is 2.29. The third-order valence-electron chi connectivity index (χ3n) is 2.09. The van der Waals surface area contributed by atoms with E-state index in [1.807, 2.05) is 0 Å². The topological polar surface area (TPSA) is 64.1 Å². The van der Waals surface area contributed by atoms with Crippen molar-refractivity contribution in [3.05, 3.63) is 29.9 Å². The van der Waals surface area contributed by atoms with Crippen LogP contribution in [0.1, 0.15) is 12.5 Å². The van der Waals surface area contributed by atoms with Crippen LogP contribution in [0.5, 0.6) is 0 Å². The Labute approximate surface area is 87.2 Å². The van der Waals surface area contributed by atoms with Gasteiger partial charge in [-0.2, -0.15) is 0 Å². The largest absolute Gasteiger partial charge is 0.463 e. The molecule has 5 nitrogen and oxygen atoms in total. The van der Waals surface area contributed by atoms with Crippen molar-refractivity contribution in [3.63, 3.8) is 0 Å². The Morgan fingerprint density at radius 2 is 2.53 bits per heavy atom. The van der Waals surface area contributed by atoms with Crippen LogP contribution in [0.15, 0.2) is 24.3 Å². The van der Waals surface area contributed by atoms with Crippen LogP contribution in [0.2, 0.25) is 0 Å². The highest BCUT2D eigenvalue weighted by Crippen LogP contribution is 2.20. The molecule has 1 aliphatic rings. The maximum Gasteiger partial charge on any atom is 0.335 e. The first-order chi connectivity index (χ1) is 7.31. The summed E-state index contributed by atoms with van der Waals surface area (Å²) in [5.74, 6) is 0.456. The summed E-state index contributed by atoms with van der Waals surface area (Å²) in [5, 5.41) is 2.94. The monoisotopic (exact) mass is 205 g/mol. The van der Waals surface area contributed by atoms with Gasteiger partial charge in [-0.3, -0.25) is 0 Å². The number of esters is 1. The number of hydrogen-bond donors (Lipinski definition) is 1. The quantitative estimate of drug-likeness (QED) is 0.726. The van der Waals surface area contributed by atoms with Gasteiger partial charge in [0.25, 0.3) is 0 Å². The SMILES string of the molecule is CCOC(=O)C1=CNc2ncncc2C1. The molecule has 0 fully saturated rings. The molecule has 0 saturated carbocycles. The lowest BCUT2D eigenvalue weighted by Crippen LogP contribution is -2.16. The van der Waals surface area contributed by atoms with Crippen molar-refractivity contribution in [2.24, 2.45) is 0 Å². The molecule has 0 saturated heterocycles. The van der Waals surface area contributed by atoms with Crippen LogP contribution in [-0.4, -0.2) is 22.5 Å². The van der Waals surface area contributed by atoms with E-state index in [4.69, 9.17) is 4.74 Å². The number of nitrogens with zero attached hydrogens (tertiary/aromatic N) is 2. The fourth-order valence-corrected chi connectivity index (χ4v) is 1.38. The van der Waals surface area contributed by atoms with E-state index < -0.39 is 0 Å². The standard InChI is InChI=1S/C10H11N3O2/c1-2-15-10(14)8-3-7-4-11-6-13-9(7)12-5-8/h4-6H,2-3H2,1H3,(H,11,12,13). The smallest absolute Gasteiger partial charge is 0.335 e. The van der Waals surface area contributed by atoms with Gasteiger partial charge in [0.05, 0.1) is 12.2 Å². The van der Waals surface area contributed by atoms with E-state index in [2.05, 4.69) is 15.3 Å². The highest BCUT2D eigenvalue weighted by Gasteiger charge is 2.18. The lowest BCUT2D eigenvalue weighted by Gasteiger charge is -2.15. The van der Waals surface area contributed by atoms with Gasteiger partial charge in [-0.05, 0) is 6.92 Å². The van der Waals surface area contributed by atoms with Crippen molar-refractivity contribution < 1.29 is 9.53 Å². The molecule has 0 radical (unpaired) electrons. The van der Waals surface area contributed by atoms with Gasteiger partial charge in [-0.1, -0.05) is 0 Å². The minimum absolute atomic E-state index is 0.292. The molecule has 0 bridgehead atoms. The molecule has 0 amide bonds. The molecule has 1 aromatic heterocycles. The molecule has 15 heavy (non-hydrogen) atoms. The molecule has 0 aromatic carbocycles. The van der Waals surface area contributed by atoms with Gasteiger partial charge in [-0.15, -0.1) is 0 Å². The van der Waals surface area contributed by atoms with E-state index in [1.165, 1.54) is 6.33 Å². The minimum atomic E-state index is -0.292. The zero-order valence-electron chi connectivity index (χ0n) is 8.36. The fourth-order valence-electron chi connectivity index (χ4n) is 1.38. The predicted octanol–water partition coefficient (Wildman–Crippen LogP) is 0.892. The number of rotatable bonds is 2. The Morgan fingerprint density at radius 3 is 3.33 bits per heavy atom. The van der Waals surface area contributed by atoms with Gasteiger partial charge < -0.3 is 10.1 Å². The Kier molecular flexibility index (Phi) is 2.62. The summed E-state index contributed by atoms with van der Waals surface area (Å²) in [4.78, 5) is 19.4. The summed E-state index contributed by atoms with van der Waals surface area (Å²) in [5.41, 5.74) is 1.50. The molecule has 0 atom stereocenters. The zero-order valence-corrected chi connectivity index (χ0v) is 8.36. The fraction of sp³-hybridized carbons (Fsp3) is 0.300. The van der Waals surface area contributed by atoms with Crippen LogP contribution in [0.4, 0.5) is 5.82 Å².